The van der Waals surface area contributed by atoms with Gasteiger partial charge in [-0.1, -0.05) is 146 Å². The van der Waals surface area contributed by atoms with Crippen LogP contribution in [0.5, 0.6) is 11.5 Å². The fourth-order valence-electron chi connectivity index (χ4n) is 8.21. The zero-order valence-electron chi connectivity index (χ0n) is 26.8. The maximum atomic E-state index is 7.21. The molecule has 8 aromatic rings. The first-order valence-corrected chi connectivity index (χ1v) is 16.9. The topological polar surface area (TPSA) is 12.5 Å². The van der Waals surface area contributed by atoms with Crippen molar-refractivity contribution in [1.29, 1.82) is 0 Å². The van der Waals surface area contributed by atoms with Crippen molar-refractivity contribution in [3.05, 3.63) is 210 Å². The van der Waals surface area contributed by atoms with Crippen LogP contribution in [0.15, 0.2) is 188 Å². The van der Waals surface area contributed by atoms with Crippen LogP contribution in [0.2, 0.25) is 0 Å². The number of para-hydroxylation sites is 2. The molecular formula is C47H31NO. The Morgan fingerprint density at radius 2 is 0.918 bits per heavy atom. The van der Waals surface area contributed by atoms with E-state index in [4.69, 9.17) is 4.74 Å². The van der Waals surface area contributed by atoms with Crippen LogP contribution in [0.25, 0.3) is 33.0 Å². The summed E-state index contributed by atoms with van der Waals surface area (Å²) in [6.45, 7) is 0. The average Bonchev–Trinajstić information content (AvgIpc) is 3.46. The van der Waals surface area contributed by atoms with Gasteiger partial charge in [0.25, 0.3) is 0 Å². The molecule has 0 bridgehead atoms. The van der Waals surface area contributed by atoms with Gasteiger partial charge in [0.05, 0.1) is 11.1 Å². The van der Waals surface area contributed by atoms with Gasteiger partial charge >= 0.3 is 0 Å². The first-order valence-electron chi connectivity index (χ1n) is 16.9. The van der Waals surface area contributed by atoms with Crippen molar-refractivity contribution in [2.45, 2.75) is 5.41 Å². The number of anilines is 3. The van der Waals surface area contributed by atoms with E-state index >= 15 is 0 Å². The number of rotatable bonds is 4. The molecule has 2 nitrogen and oxygen atoms in total. The lowest BCUT2D eigenvalue weighted by Gasteiger charge is -2.41. The molecule has 0 unspecified atom stereocenters. The normalized spacial score (nSPS) is 13.2. The maximum absolute atomic E-state index is 7.21. The predicted molar refractivity (Wildman–Crippen MR) is 201 cm³/mol. The summed E-state index contributed by atoms with van der Waals surface area (Å²) in [4.78, 5) is 2.33. The van der Waals surface area contributed by atoms with Gasteiger partial charge in [-0.3, -0.25) is 0 Å². The molecule has 2 aliphatic rings. The van der Waals surface area contributed by atoms with Crippen LogP contribution in [0, 0.1) is 0 Å². The lowest BCUT2D eigenvalue weighted by Crippen LogP contribution is -2.32. The zero-order valence-corrected chi connectivity index (χ0v) is 26.8. The summed E-state index contributed by atoms with van der Waals surface area (Å²) in [5, 5.41) is 2.36. The number of fused-ring (bicyclic) bond motifs is 10. The van der Waals surface area contributed by atoms with Crippen molar-refractivity contribution in [3.8, 4) is 33.8 Å². The minimum absolute atomic E-state index is 0.560. The highest BCUT2D eigenvalue weighted by atomic mass is 16.5. The van der Waals surface area contributed by atoms with E-state index in [9.17, 15) is 0 Å². The molecule has 0 aromatic heterocycles. The first kappa shape index (κ1) is 27.7. The molecule has 230 valence electrons. The minimum Gasteiger partial charge on any atom is -0.454 e. The van der Waals surface area contributed by atoms with E-state index in [0.29, 0.717) is 0 Å². The van der Waals surface area contributed by atoms with Gasteiger partial charge in [0.15, 0.2) is 5.75 Å². The molecule has 0 N–H and O–H groups in total. The van der Waals surface area contributed by atoms with Crippen molar-refractivity contribution < 1.29 is 4.74 Å². The van der Waals surface area contributed by atoms with E-state index in [-0.39, 0.29) is 0 Å². The fourth-order valence-corrected chi connectivity index (χ4v) is 8.21. The molecule has 1 spiro atoms. The Kier molecular flexibility index (Phi) is 6.13. The molecular weight excluding hydrogens is 595 g/mol. The largest absolute Gasteiger partial charge is 0.454 e. The van der Waals surface area contributed by atoms with Crippen LogP contribution >= 0.6 is 0 Å². The molecule has 1 aliphatic heterocycles. The molecule has 0 radical (unpaired) electrons. The van der Waals surface area contributed by atoms with E-state index in [1.54, 1.807) is 0 Å². The lowest BCUT2D eigenvalue weighted by molar-refractivity contribution is 0.438. The zero-order chi connectivity index (χ0) is 32.4. The van der Waals surface area contributed by atoms with Gasteiger partial charge in [0.2, 0.25) is 0 Å². The van der Waals surface area contributed by atoms with Crippen LogP contribution < -0.4 is 9.64 Å². The van der Waals surface area contributed by atoms with Gasteiger partial charge in [-0.25, -0.2) is 0 Å². The van der Waals surface area contributed by atoms with Crippen molar-refractivity contribution in [1.82, 2.24) is 0 Å². The lowest BCUT2D eigenvalue weighted by atomic mass is 9.65. The van der Waals surface area contributed by atoms with Gasteiger partial charge in [-0.05, 0) is 86.6 Å². The molecule has 0 saturated heterocycles. The van der Waals surface area contributed by atoms with Crippen LogP contribution in [0.3, 0.4) is 0 Å². The third kappa shape index (κ3) is 4.07. The van der Waals surface area contributed by atoms with Gasteiger partial charge in [0, 0.05) is 22.5 Å². The fraction of sp³-hybridized carbons (Fsp3) is 0.0213. The smallest absolute Gasteiger partial charge is 0.156 e. The summed E-state index contributed by atoms with van der Waals surface area (Å²) in [6.07, 6.45) is 0. The number of hydrogen-bond donors (Lipinski definition) is 0. The Hall–Kier alpha value is -6.38. The highest BCUT2D eigenvalue weighted by molar-refractivity contribution is 5.94. The van der Waals surface area contributed by atoms with E-state index in [1.807, 2.05) is 0 Å². The third-order valence-electron chi connectivity index (χ3n) is 10.3. The highest BCUT2D eigenvalue weighted by Crippen LogP contribution is 2.64. The van der Waals surface area contributed by atoms with Crippen LogP contribution in [-0.2, 0) is 5.41 Å². The molecule has 10 rings (SSSR count). The predicted octanol–water partition coefficient (Wildman–Crippen LogP) is 12.4. The second-order valence-corrected chi connectivity index (χ2v) is 12.9. The number of nitrogens with zero attached hydrogens (tertiary/aromatic N) is 1. The SMILES string of the molecule is c1ccc(-c2ccc(N(c3ccccc3)c3cccc4c3Oc3cc5ccccc5cc3C43c4ccccc4-c4ccccc43)cc2)cc1. The van der Waals surface area contributed by atoms with Gasteiger partial charge in [0.1, 0.15) is 5.75 Å². The number of hydrogen-bond acceptors (Lipinski definition) is 2. The van der Waals surface area contributed by atoms with Crippen molar-refractivity contribution in [2.24, 2.45) is 0 Å². The van der Waals surface area contributed by atoms with E-state index in [2.05, 4.69) is 193 Å². The molecule has 0 saturated carbocycles. The highest BCUT2D eigenvalue weighted by Gasteiger charge is 2.51. The van der Waals surface area contributed by atoms with Gasteiger partial charge in [-0.2, -0.15) is 0 Å². The molecule has 8 aromatic carbocycles. The summed E-state index contributed by atoms with van der Waals surface area (Å²) in [7, 11) is 0. The standard InChI is InChI=1S/C47H31NO/c1-3-14-32(15-4-1)33-26-28-37(29-27-33)48(36-18-5-2-6-19-36)44-25-13-24-42-46(44)49-45-31-35-17-8-7-16-34(35)30-43(45)47(42)40-22-11-9-20-38(40)39-21-10-12-23-41(39)47/h1-31H. The molecule has 1 heterocycles. The Morgan fingerprint density at radius 3 is 1.61 bits per heavy atom. The summed E-state index contributed by atoms with van der Waals surface area (Å²) in [5.41, 5.74) is 12.4. The number of benzene rings is 8. The van der Waals surface area contributed by atoms with Crippen LogP contribution in [0.4, 0.5) is 17.1 Å². The molecule has 49 heavy (non-hydrogen) atoms. The Bertz CT molecular complexity index is 2470. The van der Waals surface area contributed by atoms with E-state index < -0.39 is 5.41 Å². The van der Waals surface area contributed by atoms with Crippen molar-refractivity contribution in [2.75, 3.05) is 4.90 Å². The Morgan fingerprint density at radius 1 is 0.388 bits per heavy atom. The second kappa shape index (κ2) is 10.8. The van der Waals surface area contributed by atoms with Crippen LogP contribution in [0.1, 0.15) is 22.3 Å². The monoisotopic (exact) mass is 625 g/mol. The third-order valence-corrected chi connectivity index (χ3v) is 10.3. The summed E-state index contributed by atoms with van der Waals surface area (Å²) >= 11 is 0. The first-order chi connectivity index (χ1) is 24.3. The molecule has 2 heteroatoms. The van der Waals surface area contributed by atoms with E-state index in [1.165, 1.54) is 44.3 Å². The number of ether oxygens (including phenoxy) is 1. The van der Waals surface area contributed by atoms with Crippen molar-refractivity contribution in [3.63, 3.8) is 0 Å². The maximum Gasteiger partial charge on any atom is 0.156 e. The average molecular weight is 626 g/mol. The van der Waals surface area contributed by atoms with Crippen LogP contribution in [-0.4, -0.2) is 0 Å². The summed E-state index contributed by atoms with van der Waals surface area (Å²) < 4.78 is 7.21. The summed E-state index contributed by atoms with van der Waals surface area (Å²) in [6, 6.07) is 67.7. The molecule has 0 atom stereocenters. The molecule has 0 fully saturated rings. The van der Waals surface area contributed by atoms with E-state index in [0.717, 1.165) is 39.5 Å². The minimum atomic E-state index is -0.560. The Labute approximate surface area is 286 Å². The van der Waals surface area contributed by atoms with Crippen molar-refractivity contribution >= 4 is 27.8 Å². The van der Waals surface area contributed by atoms with Gasteiger partial charge in [-0.15, -0.1) is 0 Å². The molecule has 1 aliphatic carbocycles. The Balaban J connectivity index is 1.26. The quantitative estimate of drug-likeness (QED) is 0.193. The van der Waals surface area contributed by atoms with Gasteiger partial charge < -0.3 is 9.64 Å². The second-order valence-electron chi connectivity index (χ2n) is 12.9. The molecule has 0 amide bonds. The summed E-state index contributed by atoms with van der Waals surface area (Å²) in [5.74, 6) is 1.75.